The summed E-state index contributed by atoms with van der Waals surface area (Å²) < 4.78 is 3.16. The molecule has 0 radical (unpaired) electrons. The zero-order valence-corrected chi connectivity index (χ0v) is 17.1. The van der Waals surface area contributed by atoms with Crippen LogP contribution in [-0.2, 0) is 7.05 Å². The Labute approximate surface area is 170 Å². The van der Waals surface area contributed by atoms with Crippen molar-refractivity contribution in [3.8, 4) is 0 Å². The number of hydrazone groups is 1. The van der Waals surface area contributed by atoms with E-state index in [0.717, 1.165) is 33.2 Å². The first-order chi connectivity index (χ1) is 12.4. The second-order valence-corrected chi connectivity index (χ2v) is 8.08. The number of fused-ring (bicyclic) bond motifs is 1. The van der Waals surface area contributed by atoms with Gasteiger partial charge in [-0.25, -0.2) is 5.01 Å². The van der Waals surface area contributed by atoms with E-state index in [-0.39, 0.29) is 11.2 Å². The summed E-state index contributed by atoms with van der Waals surface area (Å²) in [5, 5.41) is 8.59. The fourth-order valence-corrected chi connectivity index (χ4v) is 4.09. The highest BCUT2D eigenvalue weighted by atomic mass is 79.9. The van der Waals surface area contributed by atoms with E-state index in [1.54, 1.807) is 5.01 Å². The first-order valence-corrected chi connectivity index (χ1v) is 9.68. The summed E-state index contributed by atoms with van der Waals surface area (Å²) in [7, 11) is 2.04. The topological polar surface area (TPSA) is 46.5 Å². The maximum Gasteiger partial charge on any atom is 0.187 e. The number of aryl methyl sites for hydroxylation is 1. The van der Waals surface area contributed by atoms with Gasteiger partial charge in [-0.15, -0.1) is 0 Å². The van der Waals surface area contributed by atoms with Crippen LogP contribution in [0.25, 0.3) is 10.9 Å². The third-order valence-electron chi connectivity index (χ3n) is 4.65. The molecule has 1 atom stereocenters. The standard InChI is InChI=1S/C19H16BrClN4S/c1-24-10-15(14-8-12(20)4-7-17(14)24)18-9-16(23-25(18)19(22)26)11-2-5-13(21)6-3-11/h2-8,10,18H,9H2,1H3,(H2,22,26). The van der Waals surface area contributed by atoms with Crippen LogP contribution < -0.4 is 5.73 Å². The van der Waals surface area contributed by atoms with Gasteiger partial charge in [-0.3, -0.25) is 0 Å². The van der Waals surface area contributed by atoms with Gasteiger partial charge >= 0.3 is 0 Å². The third-order valence-corrected chi connectivity index (χ3v) is 5.59. The molecule has 4 nitrogen and oxygen atoms in total. The molecule has 2 N–H and O–H groups in total. The Hall–Kier alpha value is -1.89. The first-order valence-electron chi connectivity index (χ1n) is 8.10. The van der Waals surface area contributed by atoms with Gasteiger partial charge in [0.05, 0.1) is 11.8 Å². The van der Waals surface area contributed by atoms with E-state index >= 15 is 0 Å². The summed E-state index contributed by atoms with van der Waals surface area (Å²) in [4.78, 5) is 0. The Morgan fingerprint density at radius 1 is 1.27 bits per heavy atom. The highest BCUT2D eigenvalue weighted by Crippen LogP contribution is 2.38. The molecule has 1 aliphatic heterocycles. The van der Waals surface area contributed by atoms with E-state index in [1.165, 1.54) is 5.39 Å². The second kappa shape index (κ2) is 6.68. The van der Waals surface area contributed by atoms with Crippen LogP contribution in [0, 0.1) is 0 Å². The van der Waals surface area contributed by atoms with Crippen LogP contribution >= 0.6 is 39.7 Å². The molecule has 1 aromatic heterocycles. The second-order valence-electron chi connectivity index (χ2n) is 6.31. The average molecular weight is 448 g/mol. The summed E-state index contributed by atoms with van der Waals surface area (Å²) in [6, 6.07) is 13.9. The molecule has 26 heavy (non-hydrogen) atoms. The number of hydrogen-bond acceptors (Lipinski definition) is 2. The van der Waals surface area contributed by atoms with Gasteiger partial charge in [0.2, 0.25) is 0 Å². The number of aromatic nitrogens is 1. The normalized spacial score (nSPS) is 17.0. The molecular weight excluding hydrogens is 432 g/mol. The minimum absolute atomic E-state index is 0.0313. The van der Waals surface area contributed by atoms with Gasteiger partial charge in [0.15, 0.2) is 5.11 Å². The van der Waals surface area contributed by atoms with Gasteiger partial charge in [-0.1, -0.05) is 39.7 Å². The molecule has 0 aliphatic carbocycles. The molecule has 7 heteroatoms. The number of benzene rings is 2. The van der Waals surface area contributed by atoms with Crippen molar-refractivity contribution in [3.05, 3.63) is 69.3 Å². The molecule has 0 fully saturated rings. The van der Waals surface area contributed by atoms with Crippen LogP contribution in [-0.4, -0.2) is 20.4 Å². The van der Waals surface area contributed by atoms with Crippen LogP contribution in [0.3, 0.4) is 0 Å². The van der Waals surface area contributed by atoms with Crippen LogP contribution in [0.2, 0.25) is 5.02 Å². The molecule has 132 valence electrons. The van der Waals surface area contributed by atoms with Crippen molar-refractivity contribution < 1.29 is 0 Å². The highest BCUT2D eigenvalue weighted by Gasteiger charge is 2.32. The predicted octanol–water partition coefficient (Wildman–Crippen LogP) is 4.99. The van der Waals surface area contributed by atoms with E-state index in [1.807, 2.05) is 37.4 Å². The summed E-state index contributed by atoms with van der Waals surface area (Å²) in [6.07, 6.45) is 2.86. The largest absolute Gasteiger partial charge is 0.375 e. The van der Waals surface area contributed by atoms with E-state index in [9.17, 15) is 0 Å². The lowest BCUT2D eigenvalue weighted by Gasteiger charge is -2.21. The predicted molar refractivity (Wildman–Crippen MR) is 115 cm³/mol. The molecular formula is C19H16BrClN4S. The molecule has 0 spiro atoms. The van der Waals surface area contributed by atoms with Crippen molar-refractivity contribution in [2.45, 2.75) is 12.5 Å². The first kappa shape index (κ1) is 17.5. The Morgan fingerprint density at radius 3 is 2.69 bits per heavy atom. The Bertz CT molecular complexity index is 1040. The zero-order valence-electron chi connectivity index (χ0n) is 14.0. The fraction of sp³-hybridized carbons (Fsp3) is 0.158. The molecule has 0 amide bonds. The van der Waals surface area contributed by atoms with Crippen LogP contribution in [0.5, 0.6) is 0 Å². The Balaban J connectivity index is 1.79. The molecule has 0 bridgehead atoms. The lowest BCUT2D eigenvalue weighted by molar-refractivity contribution is 0.374. The maximum absolute atomic E-state index is 6.01. The van der Waals surface area contributed by atoms with Crippen molar-refractivity contribution in [2.24, 2.45) is 17.9 Å². The molecule has 3 aromatic rings. The monoisotopic (exact) mass is 446 g/mol. The Morgan fingerprint density at radius 2 is 2.00 bits per heavy atom. The van der Waals surface area contributed by atoms with Crippen molar-refractivity contribution in [1.82, 2.24) is 9.58 Å². The number of halogens is 2. The number of nitrogens with two attached hydrogens (primary N) is 1. The zero-order chi connectivity index (χ0) is 18.4. The fourth-order valence-electron chi connectivity index (χ4n) is 3.43. The van der Waals surface area contributed by atoms with Crippen molar-refractivity contribution in [1.29, 1.82) is 0 Å². The molecule has 2 heterocycles. The van der Waals surface area contributed by atoms with E-state index < -0.39 is 0 Å². The van der Waals surface area contributed by atoms with Gasteiger partial charge in [0.25, 0.3) is 0 Å². The van der Waals surface area contributed by atoms with Crippen molar-refractivity contribution >= 4 is 61.5 Å². The van der Waals surface area contributed by atoms with Gasteiger partial charge in [-0.05, 0) is 48.1 Å². The highest BCUT2D eigenvalue weighted by molar-refractivity contribution is 9.10. The number of thiocarbonyl (C=S) groups is 1. The quantitative estimate of drug-likeness (QED) is 0.563. The van der Waals surface area contributed by atoms with Gasteiger partial charge < -0.3 is 10.3 Å². The van der Waals surface area contributed by atoms with Crippen molar-refractivity contribution in [2.75, 3.05) is 0 Å². The van der Waals surface area contributed by atoms with E-state index in [4.69, 9.17) is 34.7 Å². The lowest BCUT2D eigenvalue weighted by atomic mass is 9.98. The van der Waals surface area contributed by atoms with Crippen LogP contribution in [0.1, 0.15) is 23.6 Å². The number of nitrogens with zero attached hydrogens (tertiary/aromatic N) is 3. The Kier molecular flexibility index (Phi) is 4.50. The van der Waals surface area contributed by atoms with Crippen LogP contribution in [0.15, 0.2) is 58.2 Å². The van der Waals surface area contributed by atoms with Crippen molar-refractivity contribution in [3.63, 3.8) is 0 Å². The molecule has 0 saturated carbocycles. The minimum atomic E-state index is -0.0313. The molecule has 1 aliphatic rings. The summed E-state index contributed by atoms with van der Waals surface area (Å²) >= 11 is 14.8. The van der Waals surface area contributed by atoms with Crippen LogP contribution in [0.4, 0.5) is 0 Å². The minimum Gasteiger partial charge on any atom is -0.375 e. The van der Waals surface area contributed by atoms with E-state index in [2.05, 4.69) is 38.8 Å². The number of rotatable bonds is 2. The summed E-state index contributed by atoms with van der Waals surface area (Å²) in [6.45, 7) is 0. The van der Waals surface area contributed by atoms with Gasteiger partial charge in [0.1, 0.15) is 0 Å². The number of hydrogen-bond donors (Lipinski definition) is 1. The summed E-state index contributed by atoms with van der Waals surface area (Å²) in [5.41, 5.74) is 10.3. The van der Waals surface area contributed by atoms with E-state index in [0.29, 0.717) is 5.02 Å². The molecule has 4 rings (SSSR count). The SMILES string of the molecule is Cn1cc(C2CC(c3ccc(Cl)cc3)=NN2C(N)=S)c2cc(Br)ccc21. The molecule has 1 unspecified atom stereocenters. The third kappa shape index (κ3) is 3.02. The maximum atomic E-state index is 6.01. The average Bonchev–Trinajstić information content (AvgIpc) is 3.17. The molecule has 0 saturated heterocycles. The smallest absolute Gasteiger partial charge is 0.187 e. The molecule has 2 aromatic carbocycles. The summed E-state index contributed by atoms with van der Waals surface area (Å²) in [5.74, 6) is 0. The van der Waals surface area contributed by atoms with Gasteiger partial charge in [0, 0.05) is 45.6 Å². The lowest BCUT2D eigenvalue weighted by Crippen LogP contribution is -2.31. The van der Waals surface area contributed by atoms with Gasteiger partial charge in [-0.2, -0.15) is 5.10 Å².